The van der Waals surface area contributed by atoms with Crippen molar-refractivity contribution in [3.63, 3.8) is 0 Å². The van der Waals surface area contributed by atoms with Gasteiger partial charge >= 0.3 is 0 Å². The first-order valence-electron chi connectivity index (χ1n) is 7.29. The minimum absolute atomic E-state index is 0.245. The van der Waals surface area contributed by atoms with Crippen LogP contribution in [-0.2, 0) is 4.74 Å². The van der Waals surface area contributed by atoms with E-state index in [2.05, 4.69) is 16.8 Å². The maximum atomic E-state index is 6.35. The summed E-state index contributed by atoms with van der Waals surface area (Å²) in [5, 5.41) is 1.98. The number of nitrogens with two attached hydrogens (primary N) is 2. The molecule has 0 saturated carbocycles. The van der Waals surface area contributed by atoms with Crippen molar-refractivity contribution in [2.45, 2.75) is 26.8 Å². The van der Waals surface area contributed by atoms with Gasteiger partial charge in [0, 0.05) is 24.9 Å². The van der Waals surface area contributed by atoms with Gasteiger partial charge in [0.15, 0.2) is 0 Å². The number of aromatic nitrogens is 1. The Morgan fingerprint density at radius 2 is 2.23 bits per heavy atom. The second kappa shape index (κ2) is 6.73. The maximum absolute atomic E-state index is 6.35. The van der Waals surface area contributed by atoms with Crippen molar-refractivity contribution in [2.75, 3.05) is 31.7 Å². The summed E-state index contributed by atoms with van der Waals surface area (Å²) >= 11 is 6.35. The summed E-state index contributed by atoms with van der Waals surface area (Å²) in [5.74, 6) is 6.76. The summed E-state index contributed by atoms with van der Waals surface area (Å²) in [4.78, 5) is 6.71. The molecule has 2 rings (SSSR count). The molecule has 1 aliphatic heterocycles. The molecule has 0 aromatic carbocycles. The number of hydrogen-bond donors (Lipinski definition) is 2. The largest absolute Gasteiger partial charge is 0.401 e. The number of rotatable bonds is 3. The monoisotopic (exact) mass is 325 g/mol. The Kier molecular flexibility index (Phi) is 5.16. The van der Waals surface area contributed by atoms with Crippen LogP contribution in [0.5, 0.6) is 0 Å². The lowest BCUT2D eigenvalue weighted by Crippen LogP contribution is -2.44. The highest BCUT2D eigenvalue weighted by Gasteiger charge is 2.23. The molecule has 4 N–H and O–H groups in total. The molecule has 1 aliphatic rings. The number of halogens is 1. The molecular formula is C15H24ClN5O. The molecule has 0 amide bonds. The van der Waals surface area contributed by atoms with Crippen LogP contribution in [0.15, 0.2) is 11.8 Å². The first kappa shape index (κ1) is 16.9. The normalized spacial score (nSPS) is 19.9. The van der Waals surface area contributed by atoms with Crippen molar-refractivity contribution in [1.29, 1.82) is 0 Å². The molecule has 1 atom stereocenters. The second-order valence-electron chi connectivity index (χ2n) is 5.70. The lowest BCUT2D eigenvalue weighted by atomic mass is 10.1. The molecule has 22 heavy (non-hydrogen) atoms. The number of pyridine rings is 1. The van der Waals surface area contributed by atoms with Crippen LogP contribution < -0.4 is 16.5 Å². The van der Waals surface area contributed by atoms with E-state index in [0.29, 0.717) is 24.1 Å². The van der Waals surface area contributed by atoms with Crippen LogP contribution in [0.25, 0.3) is 5.70 Å². The number of hydrazine groups is 1. The summed E-state index contributed by atoms with van der Waals surface area (Å²) in [7, 11) is 1.76. The summed E-state index contributed by atoms with van der Waals surface area (Å²) in [5.41, 5.74) is 9.16. The van der Waals surface area contributed by atoms with E-state index in [9.17, 15) is 0 Å². The summed E-state index contributed by atoms with van der Waals surface area (Å²) < 4.78 is 5.48. The minimum atomic E-state index is 0.245. The Morgan fingerprint density at radius 1 is 1.55 bits per heavy atom. The topological polar surface area (TPSA) is 80.6 Å². The first-order chi connectivity index (χ1) is 10.3. The highest BCUT2D eigenvalue weighted by molar-refractivity contribution is 6.30. The third-order valence-electron chi connectivity index (χ3n) is 3.84. The average Bonchev–Trinajstić information content (AvgIpc) is 2.43. The van der Waals surface area contributed by atoms with Crippen LogP contribution in [0.2, 0.25) is 5.15 Å². The van der Waals surface area contributed by atoms with Gasteiger partial charge in [-0.15, -0.1) is 0 Å². The molecule has 1 fully saturated rings. The van der Waals surface area contributed by atoms with E-state index >= 15 is 0 Å². The van der Waals surface area contributed by atoms with E-state index in [4.69, 9.17) is 27.9 Å². The van der Waals surface area contributed by atoms with Gasteiger partial charge in [-0.25, -0.2) is 10.8 Å². The van der Waals surface area contributed by atoms with Gasteiger partial charge in [-0.1, -0.05) is 11.6 Å². The SMILES string of the molecule is C/C(N)=C(\c1cc(N2CCOCC2C)nc(Cl)c1C)N(C)N. The molecule has 6 nitrogen and oxygen atoms in total. The fourth-order valence-electron chi connectivity index (χ4n) is 2.71. The fraction of sp³-hybridized carbons (Fsp3) is 0.533. The van der Waals surface area contributed by atoms with Gasteiger partial charge in [-0.05, 0) is 32.4 Å². The predicted molar refractivity (Wildman–Crippen MR) is 90.3 cm³/mol. The summed E-state index contributed by atoms with van der Waals surface area (Å²) in [6.07, 6.45) is 0. The number of anilines is 1. The highest BCUT2D eigenvalue weighted by Crippen LogP contribution is 2.30. The third-order valence-corrected chi connectivity index (χ3v) is 4.21. The zero-order chi connectivity index (χ0) is 16.4. The van der Waals surface area contributed by atoms with Crippen molar-refractivity contribution in [3.05, 3.63) is 28.0 Å². The van der Waals surface area contributed by atoms with Crippen LogP contribution in [0.3, 0.4) is 0 Å². The predicted octanol–water partition coefficient (Wildman–Crippen LogP) is 1.72. The number of nitrogens with zero attached hydrogens (tertiary/aromatic N) is 3. The van der Waals surface area contributed by atoms with Crippen LogP contribution in [-0.4, -0.2) is 42.8 Å². The summed E-state index contributed by atoms with van der Waals surface area (Å²) in [6.45, 7) is 7.99. The second-order valence-corrected chi connectivity index (χ2v) is 6.06. The molecule has 0 radical (unpaired) electrons. The Bertz CT molecular complexity index is 584. The van der Waals surface area contributed by atoms with E-state index in [0.717, 1.165) is 29.2 Å². The van der Waals surface area contributed by atoms with Crippen LogP contribution >= 0.6 is 11.6 Å². The smallest absolute Gasteiger partial charge is 0.135 e. The Labute approximate surface area is 136 Å². The highest BCUT2D eigenvalue weighted by atomic mass is 35.5. The molecule has 1 unspecified atom stereocenters. The van der Waals surface area contributed by atoms with Gasteiger partial charge in [0.1, 0.15) is 11.0 Å². The standard InChI is InChI=1S/C15H24ClN5O/c1-9-8-22-6-5-21(9)13-7-12(10(2)15(16)19-13)14(11(3)17)20(4)18/h7,9H,5-6,8,17-18H2,1-4H3/b14-11-. The molecular weight excluding hydrogens is 302 g/mol. The van der Waals surface area contributed by atoms with Crippen LogP contribution in [0.1, 0.15) is 25.0 Å². The van der Waals surface area contributed by atoms with E-state index in [1.165, 1.54) is 5.01 Å². The quantitative estimate of drug-likeness (QED) is 0.500. The van der Waals surface area contributed by atoms with Gasteiger partial charge in [-0.2, -0.15) is 0 Å². The van der Waals surface area contributed by atoms with Crippen molar-refractivity contribution in [1.82, 2.24) is 9.99 Å². The molecule has 0 aliphatic carbocycles. The van der Waals surface area contributed by atoms with Gasteiger partial charge in [0.05, 0.1) is 25.0 Å². The molecule has 1 aromatic rings. The molecule has 7 heteroatoms. The van der Waals surface area contributed by atoms with E-state index in [1.54, 1.807) is 7.05 Å². The Balaban J connectivity index is 2.54. The maximum Gasteiger partial charge on any atom is 0.135 e. The van der Waals surface area contributed by atoms with E-state index in [-0.39, 0.29) is 6.04 Å². The van der Waals surface area contributed by atoms with Crippen molar-refractivity contribution < 1.29 is 4.74 Å². The third kappa shape index (κ3) is 3.29. The lowest BCUT2D eigenvalue weighted by Gasteiger charge is -2.35. The van der Waals surface area contributed by atoms with Crippen LogP contribution in [0.4, 0.5) is 5.82 Å². The first-order valence-corrected chi connectivity index (χ1v) is 7.67. The lowest BCUT2D eigenvalue weighted by molar-refractivity contribution is 0.0985. The summed E-state index contributed by atoms with van der Waals surface area (Å²) in [6, 6.07) is 2.24. The van der Waals surface area contributed by atoms with Crippen molar-refractivity contribution >= 4 is 23.1 Å². The number of hydrogen-bond acceptors (Lipinski definition) is 6. The molecule has 2 heterocycles. The molecule has 0 spiro atoms. The van der Waals surface area contributed by atoms with Gasteiger partial charge in [0.2, 0.25) is 0 Å². The zero-order valence-electron chi connectivity index (χ0n) is 13.6. The fourth-order valence-corrected chi connectivity index (χ4v) is 2.89. The molecule has 0 bridgehead atoms. The van der Waals surface area contributed by atoms with Crippen molar-refractivity contribution in [3.8, 4) is 0 Å². The molecule has 1 aromatic heterocycles. The van der Waals surface area contributed by atoms with E-state index in [1.807, 2.05) is 19.9 Å². The minimum Gasteiger partial charge on any atom is -0.401 e. The number of ether oxygens (including phenoxy) is 1. The van der Waals surface area contributed by atoms with Gasteiger partial charge in [-0.3, -0.25) is 0 Å². The number of allylic oxidation sites excluding steroid dienone is 1. The van der Waals surface area contributed by atoms with Gasteiger partial charge in [0.25, 0.3) is 0 Å². The molecule has 122 valence electrons. The average molecular weight is 326 g/mol. The molecule has 1 saturated heterocycles. The van der Waals surface area contributed by atoms with Gasteiger partial charge < -0.3 is 20.4 Å². The Morgan fingerprint density at radius 3 is 2.77 bits per heavy atom. The van der Waals surface area contributed by atoms with Crippen LogP contribution in [0, 0.1) is 6.92 Å². The van der Waals surface area contributed by atoms with Crippen molar-refractivity contribution in [2.24, 2.45) is 11.6 Å². The number of morpholine rings is 1. The zero-order valence-corrected chi connectivity index (χ0v) is 14.3. The van der Waals surface area contributed by atoms with E-state index < -0.39 is 0 Å². The Hall–Kier alpha value is -1.50.